The number of anilines is 2. The molecule has 2 heterocycles. The highest BCUT2D eigenvalue weighted by Crippen LogP contribution is 2.30. The Morgan fingerprint density at radius 1 is 0.885 bits per heavy atom. The van der Waals surface area contributed by atoms with Crippen LogP contribution in [0.4, 0.5) is 20.3 Å². The average molecular weight is 413 g/mol. The average Bonchev–Trinajstić information content (AvgIpc) is 2.66. The molecule has 4 nitrogen and oxygen atoms in total. The van der Waals surface area contributed by atoms with Crippen LogP contribution in [-0.2, 0) is 0 Å². The van der Waals surface area contributed by atoms with Gasteiger partial charge in [0.25, 0.3) is 0 Å². The number of benzene rings is 2. The second kappa shape index (κ2) is 6.76. The number of nitrogens with one attached hydrogen (secondary N) is 1. The van der Waals surface area contributed by atoms with Gasteiger partial charge in [-0.15, -0.1) is 0 Å². The van der Waals surface area contributed by atoms with E-state index in [0.717, 1.165) is 17.7 Å². The molecule has 1 N–H and O–H groups in total. The quantitative estimate of drug-likeness (QED) is 0.452. The van der Waals surface area contributed by atoms with Crippen LogP contribution >= 0.6 is 15.9 Å². The lowest BCUT2D eigenvalue weighted by molar-refractivity contribution is 0.598. The summed E-state index contributed by atoms with van der Waals surface area (Å²) in [5.41, 5.74) is 1.46. The number of aromatic nitrogens is 3. The molecule has 0 spiro atoms. The highest BCUT2D eigenvalue weighted by atomic mass is 79.9. The summed E-state index contributed by atoms with van der Waals surface area (Å²) >= 11 is 2.97. The molecule has 0 aliphatic carbocycles. The Balaban J connectivity index is 1.87. The lowest BCUT2D eigenvalue weighted by Gasteiger charge is -2.12. The molecular weight excluding hydrogens is 402 g/mol. The lowest BCUT2D eigenvalue weighted by atomic mass is 10.2. The van der Waals surface area contributed by atoms with Crippen molar-refractivity contribution in [3.05, 3.63) is 77.0 Å². The minimum atomic E-state index is -0.591. The fraction of sp³-hybridized carbons (Fsp3) is 0. The van der Waals surface area contributed by atoms with Gasteiger partial charge < -0.3 is 5.32 Å². The van der Waals surface area contributed by atoms with E-state index in [2.05, 4.69) is 36.2 Å². The molecule has 0 bridgehead atoms. The van der Waals surface area contributed by atoms with Gasteiger partial charge in [-0.05, 0) is 46.3 Å². The summed E-state index contributed by atoms with van der Waals surface area (Å²) in [7, 11) is 0. The zero-order valence-corrected chi connectivity index (χ0v) is 14.8. The van der Waals surface area contributed by atoms with Gasteiger partial charge in [0.1, 0.15) is 17.5 Å². The third-order valence-electron chi connectivity index (χ3n) is 3.80. The number of hydrogen-bond donors (Lipinski definition) is 1. The molecule has 2 aromatic carbocycles. The zero-order valence-electron chi connectivity index (χ0n) is 13.2. The smallest absolute Gasteiger partial charge is 0.162 e. The van der Waals surface area contributed by atoms with E-state index in [0.29, 0.717) is 22.5 Å². The molecule has 0 aliphatic rings. The largest absolute Gasteiger partial charge is 0.337 e. The fourth-order valence-corrected chi connectivity index (χ4v) is 2.86. The van der Waals surface area contributed by atoms with E-state index in [1.165, 1.54) is 0 Å². The first kappa shape index (κ1) is 16.5. The van der Waals surface area contributed by atoms with Crippen molar-refractivity contribution < 1.29 is 8.78 Å². The van der Waals surface area contributed by atoms with Gasteiger partial charge in [0, 0.05) is 29.4 Å². The van der Waals surface area contributed by atoms with Gasteiger partial charge in [0.05, 0.1) is 15.7 Å². The van der Waals surface area contributed by atoms with E-state index in [-0.39, 0.29) is 10.2 Å². The fourth-order valence-electron chi connectivity index (χ4n) is 2.55. The highest BCUT2D eigenvalue weighted by molar-refractivity contribution is 9.10. The van der Waals surface area contributed by atoms with Crippen molar-refractivity contribution >= 4 is 38.3 Å². The minimum Gasteiger partial charge on any atom is -0.337 e. The Kier molecular flexibility index (Phi) is 4.30. The Bertz CT molecular complexity index is 1100. The normalized spacial score (nSPS) is 10.9. The Labute approximate surface area is 156 Å². The van der Waals surface area contributed by atoms with E-state index in [9.17, 15) is 8.78 Å². The molecule has 0 aliphatic heterocycles. The number of para-hydroxylation sites is 1. The summed E-state index contributed by atoms with van der Waals surface area (Å²) in [5, 5.41) is 3.59. The zero-order chi connectivity index (χ0) is 18.1. The number of pyridine rings is 1. The number of fused-ring (bicyclic) bond motifs is 1. The summed E-state index contributed by atoms with van der Waals surface area (Å²) in [6.45, 7) is 0. The molecule has 4 rings (SSSR count). The van der Waals surface area contributed by atoms with Gasteiger partial charge in [-0.1, -0.05) is 12.1 Å². The van der Waals surface area contributed by atoms with Crippen molar-refractivity contribution in [2.75, 3.05) is 5.32 Å². The Hall–Kier alpha value is -2.93. The lowest BCUT2D eigenvalue weighted by Crippen LogP contribution is -2.01. The van der Waals surface area contributed by atoms with Gasteiger partial charge in [0.15, 0.2) is 5.82 Å². The maximum absolute atomic E-state index is 14.2. The Morgan fingerprint density at radius 3 is 2.46 bits per heavy atom. The molecule has 0 radical (unpaired) electrons. The molecule has 4 aromatic rings. The van der Waals surface area contributed by atoms with E-state index in [4.69, 9.17) is 0 Å². The van der Waals surface area contributed by atoms with Gasteiger partial charge in [-0.25, -0.2) is 18.7 Å². The first-order chi connectivity index (χ1) is 12.6. The first-order valence-electron chi connectivity index (χ1n) is 7.70. The van der Waals surface area contributed by atoms with Gasteiger partial charge in [-0.3, -0.25) is 4.98 Å². The third kappa shape index (κ3) is 3.13. The number of nitrogens with zero attached hydrogens (tertiary/aromatic N) is 3. The second-order valence-electron chi connectivity index (χ2n) is 5.52. The summed E-state index contributed by atoms with van der Waals surface area (Å²) in [5.74, 6) is -0.303. The van der Waals surface area contributed by atoms with Crippen LogP contribution in [0.15, 0.2) is 65.4 Å². The van der Waals surface area contributed by atoms with Crippen molar-refractivity contribution in [2.24, 2.45) is 0 Å². The molecule has 0 saturated heterocycles. The van der Waals surface area contributed by atoms with Gasteiger partial charge >= 0.3 is 0 Å². The highest BCUT2D eigenvalue weighted by Gasteiger charge is 2.13. The SMILES string of the molecule is Fc1cc(Nc2nc(-c3ccncc3)nc3ccccc23)c(F)cc1Br. The van der Waals surface area contributed by atoms with Gasteiger partial charge in [-0.2, -0.15) is 0 Å². The van der Waals surface area contributed by atoms with Gasteiger partial charge in [0.2, 0.25) is 0 Å². The van der Waals surface area contributed by atoms with Crippen molar-refractivity contribution in [1.29, 1.82) is 0 Å². The predicted octanol–water partition coefficient (Wildman–Crippen LogP) is 5.48. The van der Waals surface area contributed by atoms with Crippen LogP contribution < -0.4 is 5.32 Å². The predicted molar refractivity (Wildman–Crippen MR) is 100 cm³/mol. The molecule has 0 fully saturated rings. The minimum absolute atomic E-state index is 0.00442. The van der Waals surface area contributed by atoms with Crippen molar-refractivity contribution in [1.82, 2.24) is 15.0 Å². The molecular formula is C19H11BrF2N4. The van der Waals surface area contributed by atoms with E-state index in [1.807, 2.05) is 24.3 Å². The molecule has 128 valence electrons. The maximum Gasteiger partial charge on any atom is 0.162 e. The molecule has 0 saturated carbocycles. The van der Waals surface area contributed by atoms with Crippen LogP contribution in [0.3, 0.4) is 0 Å². The van der Waals surface area contributed by atoms with Crippen LogP contribution in [0.2, 0.25) is 0 Å². The van der Waals surface area contributed by atoms with Crippen molar-refractivity contribution in [3.8, 4) is 11.4 Å². The maximum atomic E-state index is 14.2. The molecule has 26 heavy (non-hydrogen) atoms. The molecule has 2 aromatic heterocycles. The third-order valence-corrected chi connectivity index (χ3v) is 4.41. The van der Waals surface area contributed by atoms with Crippen LogP contribution in [0.25, 0.3) is 22.3 Å². The summed E-state index contributed by atoms with van der Waals surface area (Å²) < 4.78 is 28.1. The number of halogens is 3. The Morgan fingerprint density at radius 2 is 1.65 bits per heavy atom. The summed E-state index contributed by atoms with van der Waals surface area (Å²) in [6.07, 6.45) is 3.29. The molecule has 0 atom stereocenters. The number of rotatable bonds is 3. The summed E-state index contributed by atoms with van der Waals surface area (Å²) in [4.78, 5) is 13.0. The summed E-state index contributed by atoms with van der Waals surface area (Å²) in [6, 6.07) is 13.1. The van der Waals surface area contributed by atoms with Crippen molar-refractivity contribution in [3.63, 3.8) is 0 Å². The van der Waals surface area contributed by atoms with E-state index in [1.54, 1.807) is 24.5 Å². The van der Waals surface area contributed by atoms with Crippen LogP contribution in [0.5, 0.6) is 0 Å². The van der Waals surface area contributed by atoms with Crippen LogP contribution in [0, 0.1) is 11.6 Å². The molecule has 0 amide bonds. The molecule has 0 unspecified atom stereocenters. The van der Waals surface area contributed by atoms with E-state index < -0.39 is 11.6 Å². The number of hydrogen-bond acceptors (Lipinski definition) is 4. The topological polar surface area (TPSA) is 50.7 Å². The second-order valence-corrected chi connectivity index (χ2v) is 6.37. The van der Waals surface area contributed by atoms with Crippen LogP contribution in [0.1, 0.15) is 0 Å². The first-order valence-corrected chi connectivity index (χ1v) is 8.50. The van der Waals surface area contributed by atoms with Crippen LogP contribution in [-0.4, -0.2) is 15.0 Å². The standard InChI is InChI=1S/C19H11BrF2N4/c20-13-9-15(22)17(10-14(13)21)25-19-12-3-1-2-4-16(12)24-18(26-19)11-5-7-23-8-6-11/h1-10H,(H,24,25,26). The monoisotopic (exact) mass is 412 g/mol. The van der Waals surface area contributed by atoms with Crippen molar-refractivity contribution in [2.45, 2.75) is 0 Å². The molecule has 7 heteroatoms. The van der Waals surface area contributed by atoms with E-state index >= 15 is 0 Å².